The van der Waals surface area contributed by atoms with Crippen molar-refractivity contribution >= 4 is 13.2 Å². The van der Waals surface area contributed by atoms with Crippen LogP contribution < -0.4 is 10.0 Å². The zero-order chi connectivity index (χ0) is 13.8. The van der Waals surface area contributed by atoms with Gasteiger partial charge in [-0.1, -0.05) is 51.8 Å². The topological polar surface area (TPSA) is 9.23 Å². The molecule has 0 unspecified atom stereocenters. The first-order valence-corrected chi connectivity index (χ1v) is 9.88. The van der Waals surface area contributed by atoms with Crippen molar-refractivity contribution in [2.75, 3.05) is 6.61 Å². The van der Waals surface area contributed by atoms with Gasteiger partial charge >= 0.3 is 0 Å². The van der Waals surface area contributed by atoms with Gasteiger partial charge in [0.1, 0.15) is 5.75 Å². The quantitative estimate of drug-likeness (QED) is 0.687. The molecule has 0 heterocycles. The highest BCUT2D eigenvalue weighted by Gasteiger charge is 2.35. The number of hydrogen-bond acceptors (Lipinski definition) is 1. The molecule has 2 aliphatic rings. The predicted molar refractivity (Wildman–Crippen MR) is 88.7 cm³/mol. The van der Waals surface area contributed by atoms with Crippen LogP contribution in [0.4, 0.5) is 0 Å². The zero-order valence-electron chi connectivity index (χ0n) is 12.7. The molecule has 1 aromatic carbocycles. The Hall–Kier alpha value is -0.550. The van der Waals surface area contributed by atoms with Crippen molar-refractivity contribution in [3.63, 3.8) is 0 Å². The molecular formula is C18H27OP. The summed E-state index contributed by atoms with van der Waals surface area (Å²) in [7, 11) is -0.0154. The maximum atomic E-state index is 5.95. The molecule has 2 aliphatic carbocycles. The molecule has 0 bridgehead atoms. The molecule has 2 heteroatoms. The molecule has 0 amide bonds. The van der Waals surface area contributed by atoms with E-state index in [0.29, 0.717) is 0 Å². The number of ether oxygens (including phenoxy) is 1. The lowest BCUT2D eigenvalue weighted by molar-refractivity contribution is 0.343. The third-order valence-electron chi connectivity index (χ3n) is 4.88. The van der Waals surface area contributed by atoms with Crippen LogP contribution in [0.3, 0.4) is 0 Å². The summed E-state index contributed by atoms with van der Waals surface area (Å²) < 4.78 is 5.95. The van der Waals surface area contributed by atoms with Crippen molar-refractivity contribution < 1.29 is 4.74 Å². The second-order valence-electron chi connectivity index (χ2n) is 6.18. The molecule has 0 spiro atoms. The predicted octanol–water partition coefficient (Wildman–Crippen LogP) is 5.08. The summed E-state index contributed by atoms with van der Waals surface area (Å²) in [5, 5.41) is 1.57. The highest BCUT2D eigenvalue weighted by Crippen LogP contribution is 2.57. The van der Waals surface area contributed by atoms with Gasteiger partial charge in [-0.05, 0) is 50.0 Å². The molecule has 1 aromatic rings. The molecule has 3 rings (SSSR count). The van der Waals surface area contributed by atoms with Crippen molar-refractivity contribution in [2.45, 2.75) is 69.6 Å². The van der Waals surface area contributed by atoms with Gasteiger partial charge in [0.25, 0.3) is 0 Å². The van der Waals surface area contributed by atoms with Crippen LogP contribution in [0.25, 0.3) is 0 Å². The van der Waals surface area contributed by atoms with Crippen LogP contribution in [0.1, 0.15) is 58.3 Å². The summed E-state index contributed by atoms with van der Waals surface area (Å²) in [6.07, 6.45) is 11.6. The Bertz CT molecular complexity index is 403. The number of benzene rings is 1. The van der Waals surface area contributed by atoms with E-state index in [0.717, 1.165) is 17.9 Å². The van der Waals surface area contributed by atoms with Crippen LogP contribution >= 0.6 is 7.92 Å². The molecule has 0 saturated heterocycles. The molecule has 20 heavy (non-hydrogen) atoms. The van der Waals surface area contributed by atoms with E-state index in [1.54, 1.807) is 5.30 Å². The van der Waals surface area contributed by atoms with Gasteiger partial charge in [0.15, 0.2) is 0 Å². The Balaban J connectivity index is 1.91. The third kappa shape index (κ3) is 3.03. The normalized spacial score (nSPS) is 20.9. The van der Waals surface area contributed by atoms with Gasteiger partial charge in [-0.25, -0.2) is 0 Å². The molecule has 2 fully saturated rings. The van der Waals surface area contributed by atoms with Crippen molar-refractivity contribution in [1.82, 2.24) is 0 Å². The van der Waals surface area contributed by atoms with Crippen molar-refractivity contribution in [1.29, 1.82) is 0 Å². The second kappa shape index (κ2) is 6.94. The van der Waals surface area contributed by atoms with Crippen molar-refractivity contribution in [3.05, 3.63) is 24.3 Å². The van der Waals surface area contributed by atoms with E-state index in [-0.39, 0.29) is 7.92 Å². The fourth-order valence-corrected chi connectivity index (χ4v) is 7.88. The first-order chi connectivity index (χ1) is 9.90. The van der Waals surface area contributed by atoms with E-state index in [1.165, 1.54) is 57.1 Å². The average molecular weight is 290 g/mol. The van der Waals surface area contributed by atoms with Gasteiger partial charge in [0.05, 0.1) is 6.61 Å². The largest absolute Gasteiger partial charge is 0.493 e. The van der Waals surface area contributed by atoms with Gasteiger partial charge in [0.2, 0.25) is 0 Å². The Labute approximate surface area is 124 Å². The van der Waals surface area contributed by atoms with Gasteiger partial charge in [-0.15, -0.1) is 0 Å². The van der Waals surface area contributed by atoms with E-state index >= 15 is 0 Å². The van der Waals surface area contributed by atoms with Gasteiger partial charge in [-0.2, -0.15) is 0 Å². The van der Waals surface area contributed by atoms with Crippen LogP contribution in [0.5, 0.6) is 5.75 Å². The Morgan fingerprint density at radius 1 is 0.950 bits per heavy atom. The third-order valence-corrected chi connectivity index (χ3v) is 8.41. The summed E-state index contributed by atoms with van der Waals surface area (Å²) in [6, 6.07) is 8.91. The van der Waals surface area contributed by atoms with Crippen LogP contribution in [0.2, 0.25) is 0 Å². The molecule has 1 nitrogen and oxygen atoms in total. The Morgan fingerprint density at radius 3 is 2.05 bits per heavy atom. The SMILES string of the molecule is CCOc1ccccc1P(C1CCCC1)C1CCCC1. The fourth-order valence-electron chi connectivity index (χ4n) is 4.00. The van der Waals surface area contributed by atoms with Crippen molar-refractivity contribution in [2.24, 2.45) is 0 Å². The summed E-state index contributed by atoms with van der Waals surface area (Å²) >= 11 is 0. The first-order valence-electron chi connectivity index (χ1n) is 8.40. The summed E-state index contributed by atoms with van der Waals surface area (Å²) in [5.41, 5.74) is 1.93. The van der Waals surface area contributed by atoms with Crippen LogP contribution in [-0.2, 0) is 0 Å². The monoisotopic (exact) mass is 290 g/mol. The lowest BCUT2D eigenvalue weighted by Crippen LogP contribution is -2.21. The maximum Gasteiger partial charge on any atom is 0.126 e. The van der Waals surface area contributed by atoms with Gasteiger partial charge in [0, 0.05) is 5.30 Å². The number of hydrogen-bond donors (Lipinski definition) is 0. The van der Waals surface area contributed by atoms with Gasteiger partial charge in [-0.3, -0.25) is 0 Å². The maximum absolute atomic E-state index is 5.95. The van der Waals surface area contributed by atoms with E-state index in [2.05, 4.69) is 31.2 Å². The van der Waals surface area contributed by atoms with Crippen LogP contribution in [0, 0.1) is 0 Å². The summed E-state index contributed by atoms with van der Waals surface area (Å²) in [6.45, 7) is 2.89. The fraction of sp³-hybridized carbons (Fsp3) is 0.667. The lowest BCUT2D eigenvalue weighted by atomic mass is 10.3. The molecule has 2 saturated carbocycles. The molecule has 0 radical (unpaired) electrons. The van der Waals surface area contributed by atoms with E-state index in [9.17, 15) is 0 Å². The lowest BCUT2D eigenvalue weighted by Gasteiger charge is -2.31. The molecule has 0 aliphatic heterocycles. The highest BCUT2D eigenvalue weighted by atomic mass is 31.1. The van der Waals surface area contributed by atoms with Crippen LogP contribution in [-0.4, -0.2) is 17.9 Å². The van der Waals surface area contributed by atoms with Crippen molar-refractivity contribution in [3.8, 4) is 5.75 Å². The standard InChI is InChI=1S/C18H27OP/c1-2-19-17-13-7-8-14-18(17)20(15-9-3-4-10-15)16-11-5-6-12-16/h7-8,13-16H,2-6,9-12H2,1H3. The molecule has 0 atom stereocenters. The number of para-hydroxylation sites is 1. The van der Waals surface area contributed by atoms with E-state index in [4.69, 9.17) is 4.74 Å². The van der Waals surface area contributed by atoms with Crippen LogP contribution in [0.15, 0.2) is 24.3 Å². The van der Waals surface area contributed by atoms with Gasteiger partial charge < -0.3 is 4.74 Å². The summed E-state index contributed by atoms with van der Waals surface area (Å²) in [5.74, 6) is 1.18. The smallest absolute Gasteiger partial charge is 0.126 e. The first kappa shape index (κ1) is 14.4. The zero-order valence-corrected chi connectivity index (χ0v) is 13.6. The Morgan fingerprint density at radius 2 is 1.50 bits per heavy atom. The summed E-state index contributed by atoms with van der Waals surface area (Å²) in [4.78, 5) is 0. The molecular weight excluding hydrogens is 263 g/mol. The minimum Gasteiger partial charge on any atom is -0.493 e. The second-order valence-corrected chi connectivity index (χ2v) is 8.94. The van der Waals surface area contributed by atoms with E-state index in [1.807, 2.05) is 0 Å². The van der Waals surface area contributed by atoms with E-state index < -0.39 is 0 Å². The highest BCUT2D eigenvalue weighted by molar-refractivity contribution is 7.67. The molecule has 0 aromatic heterocycles. The minimum absolute atomic E-state index is 0.0154. The Kier molecular flexibility index (Phi) is 4.99. The number of rotatable bonds is 5. The average Bonchev–Trinajstić information content (AvgIpc) is 3.15. The minimum atomic E-state index is -0.0154. The molecule has 0 N–H and O–H groups in total. The molecule has 110 valence electrons.